The molecule has 0 fully saturated rings. The lowest BCUT2D eigenvalue weighted by Crippen LogP contribution is -2.42. The molecule has 2 unspecified atom stereocenters. The third-order valence-electron chi connectivity index (χ3n) is 6.45. The van der Waals surface area contributed by atoms with Gasteiger partial charge >= 0.3 is 0 Å². The molecule has 0 aliphatic carbocycles. The average molecular weight is 558 g/mol. The number of hydrogen-bond donors (Lipinski definition) is 0. The number of sulfonamides is 1. The number of ketones is 1. The van der Waals surface area contributed by atoms with Gasteiger partial charge in [0.2, 0.25) is 0 Å². The standard InChI is InChI=1S/C30H24BrNO3S/c31-25-16-18-26(19-17-25)36(34,35)32-21-28(30(33)24-14-8-3-9-15-24)27(22-10-4-1-5-11-22)20-29(32)23-12-6-2-7-13-23/h1-20,27-28H,21H2. The largest absolute Gasteiger partial charge is 0.294 e. The number of nitrogens with zero attached hydrogens (tertiary/aromatic N) is 1. The minimum Gasteiger partial charge on any atom is -0.294 e. The van der Waals surface area contributed by atoms with Crippen LogP contribution in [0, 0.1) is 5.92 Å². The van der Waals surface area contributed by atoms with Gasteiger partial charge in [0.05, 0.1) is 16.5 Å². The number of rotatable bonds is 6. The van der Waals surface area contributed by atoms with E-state index in [0.717, 1.165) is 15.6 Å². The zero-order chi connectivity index (χ0) is 25.1. The van der Waals surface area contributed by atoms with Gasteiger partial charge in [0, 0.05) is 22.5 Å². The van der Waals surface area contributed by atoms with Crippen LogP contribution < -0.4 is 0 Å². The Hall–Kier alpha value is -3.48. The molecule has 180 valence electrons. The fraction of sp³-hybridized carbons (Fsp3) is 0.100. The van der Waals surface area contributed by atoms with Crippen molar-refractivity contribution < 1.29 is 13.2 Å². The van der Waals surface area contributed by atoms with Gasteiger partial charge in [-0.05, 0) is 35.4 Å². The Labute approximate surface area is 220 Å². The lowest BCUT2D eigenvalue weighted by molar-refractivity contribution is 0.0896. The molecule has 0 N–H and O–H groups in total. The van der Waals surface area contributed by atoms with Crippen LogP contribution in [-0.4, -0.2) is 25.1 Å². The van der Waals surface area contributed by atoms with Crippen molar-refractivity contribution in [3.8, 4) is 0 Å². The predicted molar refractivity (Wildman–Crippen MR) is 146 cm³/mol. The fourth-order valence-corrected chi connectivity index (χ4v) is 6.42. The van der Waals surface area contributed by atoms with E-state index in [1.165, 1.54) is 4.31 Å². The molecule has 0 saturated carbocycles. The first-order chi connectivity index (χ1) is 17.4. The van der Waals surface area contributed by atoms with E-state index in [9.17, 15) is 13.2 Å². The molecule has 1 heterocycles. The highest BCUT2D eigenvalue weighted by molar-refractivity contribution is 9.10. The molecule has 0 saturated heterocycles. The Morgan fingerprint density at radius 3 is 1.92 bits per heavy atom. The predicted octanol–water partition coefficient (Wildman–Crippen LogP) is 6.78. The van der Waals surface area contributed by atoms with Crippen LogP contribution in [0.4, 0.5) is 0 Å². The molecular formula is C30H24BrNO3S. The Kier molecular flexibility index (Phi) is 6.90. The van der Waals surface area contributed by atoms with Crippen LogP contribution in [-0.2, 0) is 10.0 Å². The maximum atomic E-state index is 14.0. The highest BCUT2D eigenvalue weighted by Crippen LogP contribution is 2.41. The molecule has 4 nitrogen and oxygen atoms in total. The minimum atomic E-state index is -3.94. The maximum absolute atomic E-state index is 14.0. The van der Waals surface area contributed by atoms with E-state index in [0.29, 0.717) is 11.3 Å². The van der Waals surface area contributed by atoms with E-state index in [1.807, 2.05) is 84.9 Å². The average Bonchev–Trinajstić information content (AvgIpc) is 2.93. The smallest absolute Gasteiger partial charge is 0.264 e. The van der Waals surface area contributed by atoms with Crippen molar-refractivity contribution in [3.05, 3.63) is 143 Å². The molecule has 6 heteroatoms. The number of carbonyl (C=O) groups is 1. The van der Waals surface area contributed by atoms with E-state index in [-0.39, 0.29) is 23.1 Å². The van der Waals surface area contributed by atoms with Gasteiger partial charge in [-0.2, -0.15) is 0 Å². The molecule has 4 aromatic carbocycles. The topological polar surface area (TPSA) is 54.5 Å². The summed E-state index contributed by atoms with van der Waals surface area (Å²) in [6, 6.07) is 35.0. The van der Waals surface area contributed by atoms with Crippen LogP contribution in [0.3, 0.4) is 0 Å². The second-order valence-electron chi connectivity index (χ2n) is 8.68. The van der Waals surface area contributed by atoms with Gasteiger partial charge in [-0.1, -0.05) is 113 Å². The number of allylic oxidation sites excluding steroid dienone is 1. The van der Waals surface area contributed by atoms with E-state index in [1.54, 1.807) is 36.4 Å². The van der Waals surface area contributed by atoms with Crippen molar-refractivity contribution in [2.24, 2.45) is 5.92 Å². The number of halogens is 1. The van der Waals surface area contributed by atoms with Crippen molar-refractivity contribution in [2.45, 2.75) is 10.8 Å². The quantitative estimate of drug-likeness (QED) is 0.245. The lowest BCUT2D eigenvalue weighted by atomic mass is 9.78. The second kappa shape index (κ2) is 10.2. The van der Waals surface area contributed by atoms with E-state index in [4.69, 9.17) is 0 Å². The molecule has 0 spiro atoms. The van der Waals surface area contributed by atoms with Crippen molar-refractivity contribution in [3.63, 3.8) is 0 Å². The summed E-state index contributed by atoms with van der Waals surface area (Å²) < 4.78 is 30.2. The van der Waals surface area contributed by atoms with Gasteiger partial charge in [-0.25, -0.2) is 8.42 Å². The fourth-order valence-electron chi connectivity index (χ4n) is 4.64. The molecule has 0 aromatic heterocycles. The highest BCUT2D eigenvalue weighted by atomic mass is 79.9. The van der Waals surface area contributed by atoms with Crippen molar-refractivity contribution in [2.75, 3.05) is 6.54 Å². The molecule has 4 aromatic rings. The first-order valence-electron chi connectivity index (χ1n) is 11.6. The molecule has 0 bridgehead atoms. The van der Waals surface area contributed by atoms with Crippen molar-refractivity contribution >= 4 is 37.4 Å². The van der Waals surface area contributed by atoms with Crippen LogP contribution in [0.5, 0.6) is 0 Å². The number of hydrogen-bond acceptors (Lipinski definition) is 3. The number of carbonyl (C=O) groups excluding carboxylic acids is 1. The number of Topliss-reactive ketones (excluding diaryl/α,β-unsaturated/α-hetero) is 1. The van der Waals surface area contributed by atoms with Crippen molar-refractivity contribution in [1.29, 1.82) is 0 Å². The Bertz CT molecular complexity index is 1490. The third-order valence-corrected chi connectivity index (χ3v) is 8.78. The van der Waals surface area contributed by atoms with Crippen LogP contribution in [0.2, 0.25) is 0 Å². The highest BCUT2D eigenvalue weighted by Gasteiger charge is 2.40. The molecule has 0 amide bonds. The van der Waals surface area contributed by atoms with Gasteiger partial charge in [0.25, 0.3) is 10.0 Å². The van der Waals surface area contributed by atoms with Crippen LogP contribution in [0.1, 0.15) is 27.4 Å². The van der Waals surface area contributed by atoms with Gasteiger partial charge in [0.1, 0.15) is 0 Å². The van der Waals surface area contributed by atoms with E-state index >= 15 is 0 Å². The Balaban J connectivity index is 1.69. The molecular weight excluding hydrogens is 534 g/mol. The Morgan fingerprint density at radius 1 is 0.750 bits per heavy atom. The minimum absolute atomic E-state index is 0.0341. The third kappa shape index (κ3) is 4.79. The maximum Gasteiger partial charge on any atom is 0.264 e. The normalized spacial score (nSPS) is 17.9. The molecule has 1 aliphatic rings. The molecule has 2 atom stereocenters. The SMILES string of the molecule is O=C(c1ccccc1)C1CN(S(=O)(=O)c2ccc(Br)cc2)C(c2ccccc2)=CC1c1ccccc1. The summed E-state index contributed by atoms with van der Waals surface area (Å²) in [4.78, 5) is 14.0. The summed E-state index contributed by atoms with van der Waals surface area (Å²) in [7, 11) is -3.94. The zero-order valence-corrected chi connectivity index (χ0v) is 21.8. The number of benzene rings is 4. The zero-order valence-electron chi connectivity index (χ0n) is 19.4. The lowest BCUT2D eigenvalue weighted by Gasteiger charge is -2.38. The Morgan fingerprint density at radius 2 is 1.31 bits per heavy atom. The molecule has 36 heavy (non-hydrogen) atoms. The van der Waals surface area contributed by atoms with Crippen LogP contribution >= 0.6 is 15.9 Å². The first kappa shape index (κ1) is 24.2. The van der Waals surface area contributed by atoms with Gasteiger partial charge in [-0.15, -0.1) is 0 Å². The summed E-state index contributed by atoms with van der Waals surface area (Å²) in [5.41, 5.74) is 2.90. The van der Waals surface area contributed by atoms with Crippen molar-refractivity contribution in [1.82, 2.24) is 4.31 Å². The van der Waals surface area contributed by atoms with E-state index < -0.39 is 15.9 Å². The molecule has 5 rings (SSSR count). The monoisotopic (exact) mass is 557 g/mol. The van der Waals surface area contributed by atoms with Crippen LogP contribution in [0.15, 0.2) is 131 Å². The first-order valence-corrected chi connectivity index (χ1v) is 13.9. The summed E-state index contributed by atoms with van der Waals surface area (Å²) in [5.74, 6) is -0.957. The molecule has 0 radical (unpaired) electrons. The van der Waals surface area contributed by atoms with Gasteiger partial charge in [0.15, 0.2) is 5.78 Å². The van der Waals surface area contributed by atoms with Gasteiger partial charge < -0.3 is 0 Å². The van der Waals surface area contributed by atoms with E-state index in [2.05, 4.69) is 15.9 Å². The summed E-state index contributed by atoms with van der Waals surface area (Å²) in [6.07, 6.45) is 1.94. The summed E-state index contributed by atoms with van der Waals surface area (Å²) in [5, 5.41) is 0. The second-order valence-corrected chi connectivity index (χ2v) is 11.5. The molecule has 1 aliphatic heterocycles. The van der Waals surface area contributed by atoms with Crippen LogP contribution in [0.25, 0.3) is 5.70 Å². The summed E-state index contributed by atoms with van der Waals surface area (Å²) in [6.45, 7) is 0.0341. The summed E-state index contributed by atoms with van der Waals surface area (Å²) >= 11 is 3.38. The van der Waals surface area contributed by atoms with Gasteiger partial charge in [-0.3, -0.25) is 9.10 Å².